The molecule has 2 fully saturated rings. The maximum atomic E-state index is 12.9. The van der Waals surface area contributed by atoms with Gasteiger partial charge in [-0.15, -0.1) is 11.3 Å². The van der Waals surface area contributed by atoms with Crippen LogP contribution in [-0.4, -0.2) is 79.5 Å². The minimum Gasteiger partial charge on any atom is -0.490 e. The predicted octanol–water partition coefficient (Wildman–Crippen LogP) is 4.56. The average molecular weight is 519 g/mol. The summed E-state index contributed by atoms with van der Waals surface area (Å²) in [6.07, 6.45) is 7.18. The molecule has 0 spiro atoms. The first-order valence-electron chi connectivity index (χ1n) is 13.4. The second kappa shape index (κ2) is 11.0. The maximum absolute atomic E-state index is 12.9. The fraction of sp³-hybridized carbons (Fsp3) is 0.433. The number of hydrogen-bond acceptors (Lipinski definition) is 6. The van der Waals surface area contributed by atoms with Crippen molar-refractivity contribution in [2.24, 2.45) is 0 Å². The van der Waals surface area contributed by atoms with E-state index in [1.807, 2.05) is 29.2 Å². The number of amides is 1. The highest BCUT2D eigenvalue weighted by Gasteiger charge is 2.24. The first-order chi connectivity index (χ1) is 18.1. The van der Waals surface area contributed by atoms with Gasteiger partial charge < -0.3 is 24.4 Å². The number of aliphatic hydroxyl groups excluding tert-OH is 1. The molecule has 2 aromatic carbocycles. The number of allylic oxidation sites excluding steroid dienone is 1. The van der Waals surface area contributed by atoms with Crippen LogP contribution in [0, 0.1) is 0 Å². The van der Waals surface area contributed by atoms with Crippen LogP contribution >= 0.6 is 11.3 Å². The summed E-state index contributed by atoms with van der Waals surface area (Å²) in [5.41, 5.74) is 4.27. The van der Waals surface area contributed by atoms with Gasteiger partial charge in [0.05, 0.1) is 18.1 Å². The van der Waals surface area contributed by atoms with Crippen LogP contribution in [-0.2, 0) is 11.2 Å². The Kier molecular flexibility index (Phi) is 7.29. The van der Waals surface area contributed by atoms with Crippen LogP contribution in [0.1, 0.15) is 45.1 Å². The van der Waals surface area contributed by atoms with Crippen LogP contribution in [0.5, 0.6) is 5.75 Å². The zero-order chi connectivity index (χ0) is 25.2. The topological polar surface area (TPSA) is 62.2 Å². The van der Waals surface area contributed by atoms with Crippen LogP contribution in [0.2, 0.25) is 0 Å². The number of ether oxygens (including phenoxy) is 2. The summed E-state index contributed by atoms with van der Waals surface area (Å²) in [7, 11) is 0. The number of carbonyl (C=O) groups excluding carboxylic acids is 1. The number of likely N-dealkylation sites (tertiary alicyclic amines) is 1. The Morgan fingerprint density at radius 1 is 1.11 bits per heavy atom. The highest BCUT2D eigenvalue weighted by molar-refractivity contribution is 7.20. The molecule has 0 bridgehead atoms. The van der Waals surface area contributed by atoms with Gasteiger partial charge in [-0.25, -0.2) is 0 Å². The second-order valence-corrected chi connectivity index (χ2v) is 11.4. The van der Waals surface area contributed by atoms with Gasteiger partial charge in [-0.1, -0.05) is 36.4 Å². The van der Waals surface area contributed by atoms with Crippen LogP contribution in [0.15, 0.2) is 48.5 Å². The predicted molar refractivity (Wildman–Crippen MR) is 148 cm³/mol. The minimum atomic E-state index is -0.564. The third-order valence-corrected chi connectivity index (χ3v) is 8.88. The number of β-amino-alcohol motifs (C(OH)–C–C–N with tert-alkyl or cyclic N) is 1. The number of morpholine rings is 1. The van der Waals surface area contributed by atoms with Crippen molar-refractivity contribution in [3.63, 3.8) is 0 Å². The third kappa shape index (κ3) is 5.46. The van der Waals surface area contributed by atoms with Gasteiger partial charge in [0.25, 0.3) is 5.91 Å². The van der Waals surface area contributed by atoms with E-state index in [1.54, 1.807) is 0 Å². The Hall–Kier alpha value is -2.71. The Labute approximate surface area is 222 Å². The van der Waals surface area contributed by atoms with Gasteiger partial charge >= 0.3 is 0 Å². The molecule has 2 aliphatic heterocycles. The van der Waals surface area contributed by atoms with Gasteiger partial charge in [0.2, 0.25) is 0 Å². The molecular formula is C30H34N2O4S. The lowest BCUT2D eigenvalue weighted by atomic mass is 9.87. The van der Waals surface area contributed by atoms with Gasteiger partial charge in [-0.05, 0) is 73.2 Å². The quantitative estimate of drug-likeness (QED) is 0.497. The van der Waals surface area contributed by atoms with E-state index in [-0.39, 0.29) is 12.5 Å². The first kappa shape index (κ1) is 24.6. The summed E-state index contributed by atoms with van der Waals surface area (Å²) in [6.45, 7) is 5.27. The number of hydrogen-bond donors (Lipinski definition) is 1. The number of benzene rings is 2. The highest BCUT2D eigenvalue weighted by Crippen LogP contribution is 2.34. The van der Waals surface area contributed by atoms with Crippen molar-refractivity contribution in [2.45, 2.75) is 31.3 Å². The second-order valence-electron chi connectivity index (χ2n) is 10.3. The summed E-state index contributed by atoms with van der Waals surface area (Å²) in [4.78, 5) is 17.8. The van der Waals surface area contributed by atoms with E-state index in [9.17, 15) is 9.90 Å². The molecule has 1 atom stereocenters. The first-order valence-corrected chi connectivity index (χ1v) is 14.2. The Morgan fingerprint density at radius 2 is 1.95 bits per heavy atom. The summed E-state index contributed by atoms with van der Waals surface area (Å²) in [5.74, 6) is 1.37. The Morgan fingerprint density at radius 3 is 2.78 bits per heavy atom. The van der Waals surface area contributed by atoms with E-state index >= 15 is 0 Å². The number of piperidine rings is 1. The lowest BCUT2D eigenvalue weighted by Crippen LogP contribution is -2.40. The largest absolute Gasteiger partial charge is 0.490 e. The normalized spacial score (nSPS) is 19.3. The van der Waals surface area contributed by atoms with E-state index in [0.29, 0.717) is 38.8 Å². The van der Waals surface area contributed by atoms with Crippen LogP contribution in [0.25, 0.3) is 16.2 Å². The molecule has 3 aliphatic rings. The van der Waals surface area contributed by atoms with Crippen LogP contribution in [0.3, 0.4) is 0 Å². The number of thiophene rings is 1. The molecule has 1 aromatic heterocycles. The van der Waals surface area contributed by atoms with Crippen molar-refractivity contribution >= 4 is 33.4 Å². The molecule has 6 rings (SSSR count). The molecule has 37 heavy (non-hydrogen) atoms. The van der Waals surface area contributed by atoms with Crippen molar-refractivity contribution in [2.75, 3.05) is 52.5 Å². The molecule has 0 radical (unpaired) electrons. The standard InChI is InChI=1S/C30H34N2O4S/c33-25(19-31-11-9-22(10-12-31)24-8-7-21-3-1-4-23(21)17-24)20-36-27-5-2-6-28-26(27)18-29(37-28)30(34)32-13-15-35-16-14-32/h1-3,5-8,17-18,22,25,33H,4,9-16,19-20H2/t25-/m0/s1. The summed E-state index contributed by atoms with van der Waals surface area (Å²) >= 11 is 1.49. The van der Waals surface area contributed by atoms with Crippen molar-refractivity contribution in [3.05, 3.63) is 70.1 Å². The summed E-state index contributed by atoms with van der Waals surface area (Å²) in [6, 6.07) is 14.8. The molecule has 1 N–H and O–H groups in total. The number of fused-ring (bicyclic) bond motifs is 2. The van der Waals surface area contributed by atoms with Crippen molar-refractivity contribution in [3.8, 4) is 5.75 Å². The fourth-order valence-corrected chi connectivity index (χ4v) is 6.75. The third-order valence-electron chi connectivity index (χ3n) is 7.79. The van der Waals surface area contributed by atoms with Gasteiger partial charge in [-0.3, -0.25) is 4.79 Å². The molecular weight excluding hydrogens is 484 g/mol. The molecule has 1 aliphatic carbocycles. The molecule has 6 nitrogen and oxygen atoms in total. The molecule has 0 saturated carbocycles. The highest BCUT2D eigenvalue weighted by atomic mass is 32.1. The molecule has 3 heterocycles. The number of carbonyl (C=O) groups is 1. The SMILES string of the molecule is O=C(c1cc2c(OC[C@@H](O)CN3CCC(c4ccc5c(c4)CC=C5)CC3)cccc2s1)N1CCOCC1. The Balaban J connectivity index is 1.02. The molecule has 0 unspecified atom stereocenters. The number of aliphatic hydroxyl groups is 1. The van der Waals surface area contributed by atoms with Crippen LogP contribution < -0.4 is 4.74 Å². The monoisotopic (exact) mass is 518 g/mol. The Bertz CT molecular complexity index is 1290. The molecule has 194 valence electrons. The fourth-order valence-electron chi connectivity index (χ4n) is 5.71. The zero-order valence-electron chi connectivity index (χ0n) is 21.1. The maximum Gasteiger partial charge on any atom is 0.264 e. The summed E-state index contributed by atoms with van der Waals surface area (Å²) in [5, 5.41) is 11.7. The van der Waals surface area contributed by atoms with E-state index in [4.69, 9.17) is 9.47 Å². The lowest BCUT2D eigenvalue weighted by Gasteiger charge is -2.33. The molecule has 1 amide bonds. The smallest absolute Gasteiger partial charge is 0.264 e. The van der Waals surface area contributed by atoms with E-state index < -0.39 is 6.10 Å². The van der Waals surface area contributed by atoms with Crippen molar-refractivity contribution < 1.29 is 19.4 Å². The van der Waals surface area contributed by atoms with E-state index in [1.165, 1.54) is 28.0 Å². The molecule has 7 heteroatoms. The average Bonchev–Trinajstić information content (AvgIpc) is 3.59. The molecule has 2 saturated heterocycles. The van der Waals surface area contributed by atoms with Crippen molar-refractivity contribution in [1.82, 2.24) is 9.80 Å². The van der Waals surface area contributed by atoms with Crippen molar-refractivity contribution in [1.29, 1.82) is 0 Å². The van der Waals surface area contributed by atoms with Gasteiger partial charge in [-0.2, -0.15) is 0 Å². The van der Waals surface area contributed by atoms with Gasteiger partial charge in [0, 0.05) is 29.7 Å². The van der Waals surface area contributed by atoms with Gasteiger partial charge in [0.15, 0.2) is 0 Å². The van der Waals surface area contributed by atoms with E-state index in [0.717, 1.165) is 53.1 Å². The number of rotatable bonds is 7. The van der Waals surface area contributed by atoms with Crippen LogP contribution in [0.4, 0.5) is 0 Å². The number of nitrogens with zero attached hydrogens (tertiary/aromatic N) is 2. The summed E-state index contributed by atoms with van der Waals surface area (Å²) < 4.78 is 12.5. The van der Waals surface area contributed by atoms with Gasteiger partial charge in [0.1, 0.15) is 18.5 Å². The zero-order valence-corrected chi connectivity index (χ0v) is 21.9. The van der Waals surface area contributed by atoms with E-state index in [2.05, 4.69) is 35.3 Å². The lowest BCUT2D eigenvalue weighted by molar-refractivity contribution is 0.0306. The molecule has 3 aromatic rings. The minimum absolute atomic E-state index is 0.0513.